The van der Waals surface area contributed by atoms with Crippen LogP contribution < -0.4 is 0 Å². The molecule has 17 heavy (non-hydrogen) atoms. The minimum Gasteiger partial charge on any atom is -0.226 e. The van der Waals surface area contributed by atoms with Gasteiger partial charge in [-0.1, -0.05) is 0 Å². The molecule has 2 aromatic rings. The zero-order valence-electron chi connectivity index (χ0n) is 8.17. The summed E-state index contributed by atoms with van der Waals surface area (Å²) in [6.45, 7) is 0. The third-order valence-corrected chi connectivity index (χ3v) is 3.03. The summed E-state index contributed by atoms with van der Waals surface area (Å²) in [5.74, 6) is 0. The van der Waals surface area contributed by atoms with Gasteiger partial charge in [-0.2, -0.15) is 18.3 Å². The van der Waals surface area contributed by atoms with E-state index < -0.39 is 11.7 Å². The summed E-state index contributed by atoms with van der Waals surface area (Å²) < 4.78 is 39.8. The van der Waals surface area contributed by atoms with Crippen LogP contribution in [-0.2, 0) is 6.18 Å². The van der Waals surface area contributed by atoms with Crippen LogP contribution in [0, 0.1) is 0 Å². The van der Waals surface area contributed by atoms with Gasteiger partial charge in [-0.05, 0) is 56.1 Å². The van der Waals surface area contributed by atoms with Crippen molar-refractivity contribution < 1.29 is 13.2 Å². The SMILES string of the molecule is FC(F)(F)c1ccc(-n2nc(Br)cc2Br)cc1. The van der Waals surface area contributed by atoms with E-state index in [0.29, 0.717) is 14.9 Å². The summed E-state index contributed by atoms with van der Waals surface area (Å²) in [5.41, 5.74) is -0.126. The van der Waals surface area contributed by atoms with Crippen molar-refractivity contribution in [2.45, 2.75) is 6.18 Å². The number of halogens is 5. The number of alkyl halides is 3. The fourth-order valence-electron chi connectivity index (χ4n) is 1.30. The second kappa shape index (κ2) is 4.45. The molecule has 0 spiro atoms. The Morgan fingerprint density at radius 3 is 2.06 bits per heavy atom. The Balaban J connectivity index is 2.39. The molecule has 0 radical (unpaired) electrons. The van der Waals surface area contributed by atoms with Crippen molar-refractivity contribution in [2.75, 3.05) is 0 Å². The van der Waals surface area contributed by atoms with Crippen molar-refractivity contribution >= 4 is 31.9 Å². The lowest BCUT2D eigenvalue weighted by Crippen LogP contribution is -2.05. The summed E-state index contributed by atoms with van der Waals surface area (Å²) in [4.78, 5) is 0. The van der Waals surface area contributed by atoms with E-state index in [2.05, 4.69) is 37.0 Å². The van der Waals surface area contributed by atoms with Crippen LogP contribution in [0.15, 0.2) is 39.5 Å². The summed E-state index contributed by atoms with van der Waals surface area (Å²) in [6, 6.07) is 6.49. The smallest absolute Gasteiger partial charge is 0.226 e. The Bertz CT molecular complexity index is 531. The van der Waals surface area contributed by atoms with Gasteiger partial charge < -0.3 is 0 Å². The standard InChI is InChI=1S/C10H5Br2F3N2/c11-8-5-9(12)17(16-8)7-3-1-6(2-4-7)10(13,14)15/h1-5H. The fraction of sp³-hybridized carbons (Fsp3) is 0.100. The van der Waals surface area contributed by atoms with E-state index >= 15 is 0 Å². The summed E-state index contributed by atoms with van der Waals surface area (Å²) in [7, 11) is 0. The molecule has 2 nitrogen and oxygen atoms in total. The molecule has 0 aliphatic heterocycles. The van der Waals surface area contributed by atoms with Crippen molar-refractivity contribution in [3.8, 4) is 5.69 Å². The predicted molar refractivity (Wildman–Crippen MR) is 64.0 cm³/mol. The molecule has 0 aliphatic carbocycles. The molecule has 0 saturated heterocycles. The van der Waals surface area contributed by atoms with E-state index in [9.17, 15) is 13.2 Å². The molecular formula is C10H5Br2F3N2. The van der Waals surface area contributed by atoms with Crippen molar-refractivity contribution in [2.24, 2.45) is 0 Å². The summed E-state index contributed by atoms with van der Waals surface area (Å²) in [6.07, 6.45) is -4.32. The van der Waals surface area contributed by atoms with Crippen molar-refractivity contribution in [1.82, 2.24) is 9.78 Å². The van der Waals surface area contributed by atoms with Crippen molar-refractivity contribution in [3.63, 3.8) is 0 Å². The van der Waals surface area contributed by atoms with Gasteiger partial charge in [0, 0.05) is 6.07 Å². The molecule has 1 aromatic carbocycles. The van der Waals surface area contributed by atoms with Gasteiger partial charge in [0.15, 0.2) is 0 Å². The summed E-state index contributed by atoms with van der Waals surface area (Å²) >= 11 is 6.44. The van der Waals surface area contributed by atoms with Crippen LogP contribution in [0.4, 0.5) is 13.2 Å². The van der Waals surface area contributed by atoms with E-state index in [1.54, 1.807) is 6.07 Å². The normalized spacial score (nSPS) is 11.8. The Labute approximate surface area is 112 Å². The van der Waals surface area contributed by atoms with E-state index in [1.807, 2.05) is 0 Å². The molecule has 90 valence electrons. The Kier molecular flexibility index (Phi) is 3.31. The maximum absolute atomic E-state index is 12.4. The average Bonchev–Trinajstić information content (AvgIpc) is 2.57. The van der Waals surface area contributed by atoms with Gasteiger partial charge in [-0.25, -0.2) is 4.68 Å². The molecule has 0 fully saturated rings. The van der Waals surface area contributed by atoms with E-state index in [0.717, 1.165) is 12.1 Å². The van der Waals surface area contributed by atoms with E-state index in [4.69, 9.17) is 0 Å². The molecule has 1 heterocycles. The quantitative estimate of drug-likeness (QED) is 0.727. The first-order valence-electron chi connectivity index (χ1n) is 4.46. The number of benzene rings is 1. The van der Waals surface area contributed by atoms with Crippen LogP contribution in [0.5, 0.6) is 0 Å². The molecule has 2 rings (SSSR count). The minimum atomic E-state index is -4.32. The highest BCUT2D eigenvalue weighted by atomic mass is 79.9. The topological polar surface area (TPSA) is 17.8 Å². The van der Waals surface area contributed by atoms with E-state index in [-0.39, 0.29) is 0 Å². The first kappa shape index (κ1) is 12.6. The van der Waals surface area contributed by atoms with Crippen LogP contribution in [0.25, 0.3) is 5.69 Å². The van der Waals surface area contributed by atoms with Gasteiger partial charge in [-0.3, -0.25) is 0 Å². The van der Waals surface area contributed by atoms with Crippen LogP contribution in [0.2, 0.25) is 0 Å². The highest BCUT2D eigenvalue weighted by Crippen LogP contribution is 2.30. The molecule has 7 heteroatoms. The fourth-order valence-corrected chi connectivity index (χ4v) is 2.49. The Hall–Kier alpha value is -0.820. The lowest BCUT2D eigenvalue weighted by Gasteiger charge is -2.08. The van der Waals surface area contributed by atoms with Crippen LogP contribution in [0.3, 0.4) is 0 Å². The largest absolute Gasteiger partial charge is 0.416 e. The predicted octanol–water partition coefficient (Wildman–Crippen LogP) is 4.42. The van der Waals surface area contributed by atoms with Crippen LogP contribution >= 0.6 is 31.9 Å². The second-order valence-corrected chi connectivity index (χ2v) is 4.87. The van der Waals surface area contributed by atoms with Crippen LogP contribution in [0.1, 0.15) is 5.56 Å². The molecule has 0 unspecified atom stereocenters. The average molecular weight is 370 g/mol. The first-order chi connectivity index (χ1) is 7.88. The lowest BCUT2D eigenvalue weighted by molar-refractivity contribution is -0.137. The number of hydrogen-bond donors (Lipinski definition) is 0. The number of nitrogens with zero attached hydrogens (tertiary/aromatic N) is 2. The molecule has 1 aromatic heterocycles. The molecule has 0 aliphatic rings. The second-order valence-electron chi connectivity index (χ2n) is 3.25. The van der Waals surface area contributed by atoms with Gasteiger partial charge in [0.25, 0.3) is 0 Å². The Morgan fingerprint density at radius 1 is 1.06 bits per heavy atom. The molecule has 0 saturated carbocycles. The van der Waals surface area contributed by atoms with Crippen LogP contribution in [-0.4, -0.2) is 9.78 Å². The molecule has 0 N–H and O–H groups in total. The lowest BCUT2D eigenvalue weighted by atomic mass is 10.2. The zero-order valence-corrected chi connectivity index (χ0v) is 11.3. The summed E-state index contributed by atoms with van der Waals surface area (Å²) in [5, 5.41) is 4.08. The zero-order chi connectivity index (χ0) is 12.6. The first-order valence-corrected chi connectivity index (χ1v) is 6.05. The van der Waals surface area contributed by atoms with Gasteiger partial charge in [-0.15, -0.1) is 0 Å². The van der Waals surface area contributed by atoms with E-state index in [1.165, 1.54) is 16.8 Å². The number of aromatic nitrogens is 2. The molecular weight excluding hydrogens is 365 g/mol. The number of rotatable bonds is 1. The van der Waals surface area contributed by atoms with Gasteiger partial charge in [0.1, 0.15) is 9.21 Å². The maximum Gasteiger partial charge on any atom is 0.416 e. The highest BCUT2D eigenvalue weighted by Gasteiger charge is 2.30. The maximum atomic E-state index is 12.4. The third kappa shape index (κ3) is 2.71. The number of hydrogen-bond acceptors (Lipinski definition) is 1. The van der Waals surface area contributed by atoms with Gasteiger partial charge >= 0.3 is 6.18 Å². The minimum absolute atomic E-state index is 0.551. The third-order valence-electron chi connectivity index (χ3n) is 2.08. The highest BCUT2D eigenvalue weighted by molar-refractivity contribution is 9.11. The van der Waals surface area contributed by atoms with Gasteiger partial charge in [0.2, 0.25) is 0 Å². The Morgan fingerprint density at radius 2 is 1.65 bits per heavy atom. The van der Waals surface area contributed by atoms with Gasteiger partial charge in [0.05, 0.1) is 11.3 Å². The van der Waals surface area contributed by atoms with Crippen molar-refractivity contribution in [1.29, 1.82) is 0 Å². The molecule has 0 bridgehead atoms. The molecule has 0 amide bonds. The monoisotopic (exact) mass is 368 g/mol. The molecule has 0 atom stereocenters. The van der Waals surface area contributed by atoms with Crippen molar-refractivity contribution in [3.05, 3.63) is 45.1 Å².